The number of rotatable bonds is 3. The molecule has 0 heterocycles. The molecule has 0 aromatic heterocycles. The SMILES string of the molecule is C.C.C.C.C.C.C.C.C.CC.CC.CC.CC.CC(C)C.CC(C)C.CCC.CCC.CCC(=O)C(C)C.CCC(C)C. The highest BCUT2D eigenvalue weighted by Gasteiger charge is 2.00. The summed E-state index contributed by atoms with van der Waals surface area (Å²) < 4.78 is 0. The van der Waals surface area contributed by atoms with Gasteiger partial charge in [-0.05, 0) is 17.8 Å². The van der Waals surface area contributed by atoms with Crippen molar-refractivity contribution in [3.8, 4) is 0 Å². The van der Waals surface area contributed by atoms with Crippen molar-refractivity contribution in [3.63, 3.8) is 0 Å². The van der Waals surface area contributed by atoms with Crippen LogP contribution in [0.25, 0.3) is 0 Å². The second-order valence-corrected chi connectivity index (χ2v) is 8.65. The van der Waals surface area contributed by atoms with E-state index in [0.717, 1.165) is 17.8 Å². The number of carbonyl (C=O) groups excluding carboxylic acids is 1. The van der Waals surface area contributed by atoms with Gasteiger partial charge in [0.05, 0.1) is 0 Å². The third-order valence-corrected chi connectivity index (χ3v) is 1.81. The highest BCUT2D eigenvalue weighted by molar-refractivity contribution is 5.79. The maximum absolute atomic E-state index is 10.5. The van der Waals surface area contributed by atoms with E-state index in [-0.39, 0.29) is 72.8 Å². The molecular formula is C42H120O. The molecule has 0 amide bonds. The van der Waals surface area contributed by atoms with Gasteiger partial charge in [-0.1, -0.05) is 252 Å². The van der Waals surface area contributed by atoms with Crippen molar-refractivity contribution in [2.24, 2.45) is 23.7 Å². The van der Waals surface area contributed by atoms with Gasteiger partial charge in [0, 0.05) is 12.3 Å². The highest BCUT2D eigenvalue weighted by atomic mass is 16.1. The Balaban J connectivity index is -0.00000000880. The van der Waals surface area contributed by atoms with Crippen LogP contribution in [0.5, 0.6) is 0 Å². The zero-order valence-corrected chi connectivity index (χ0v) is 30.0. The van der Waals surface area contributed by atoms with E-state index in [2.05, 4.69) is 90.0 Å². The minimum absolute atomic E-state index is 0. The van der Waals surface area contributed by atoms with Gasteiger partial charge in [0.25, 0.3) is 0 Å². The van der Waals surface area contributed by atoms with Crippen molar-refractivity contribution in [2.45, 2.75) is 259 Å². The van der Waals surface area contributed by atoms with Gasteiger partial charge in [0.1, 0.15) is 5.78 Å². The van der Waals surface area contributed by atoms with Gasteiger partial charge >= 0.3 is 0 Å². The minimum atomic E-state index is 0. The van der Waals surface area contributed by atoms with Gasteiger partial charge < -0.3 is 0 Å². The molecule has 1 nitrogen and oxygen atoms in total. The Morgan fingerprint density at radius 1 is 0.395 bits per heavy atom. The maximum Gasteiger partial charge on any atom is 0.135 e. The van der Waals surface area contributed by atoms with Crippen molar-refractivity contribution >= 4 is 5.78 Å². The predicted octanol–water partition coefficient (Wildman–Crippen LogP) is 19.7. The molecule has 43 heavy (non-hydrogen) atoms. The quantitative estimate of drug-likeness (QED) is 0.300. The van der Waals surface area contributed by atoms with Gasteiger partial charge in [-0.3, -0.25) is 4.79 Å². The van der Waals surface area contributed by atoms with Crippen LogP contribution in [-0.4, -0.2) is 5.78 Å². The standard InChI is InChI=1S/C6H12O.C5H12.2C4H10.2C3H8.4C2H6.9CH4/c1-4-6(7)5(2)3;1-4-5(2)3;2*1-4(2)3;2*1-3-2;4*1-2;;;;;;;;;/h5H,4H2,1-3H3;5H,4H2,1-3H3;2*4H,1-3H3;2*3H2,1-2H3;4*1-2H3;9*1H4. The summed E-state index contributed by atoms with van der Waals surface area (Å²) in [5.41, 5.74) is 0. The normalized spacial score (nSPS) is 5.77. The molecule has 0 unspecified atom stereocenters. The number of ketones is 1. The fourth-order valence-electron chi connectivity index (χ4n) is 0.408. The zero-order chi connectivity index (χ0) is 30.7. The third kappa shape index (κ3) is 1110. The molecule has 0 aliphatic carbocycles. The molecule has 0 aliphatic rings. The first kappa shape index (κ1) is 132. The minimum Gasteiger partial charge on any atom is -0.299 e. The molecule has 0 bridgehead atoms. The molecule has 0 atom stereocenters. The summed E-state index contributed by atoms with van der Waals surface area (Å²) in [7, 11) is 0. The van der Waals surface area contributed by atoms with Crippen LogP contribution in [-0.2, 0) is 4.79 Å². The summed E-state index contributed by atoms with van der Waals surface area (Å²) in [6, 6.07) is 0. The number of carbonyl (C=O) groups is 1. The Morgan fingerprint density at radius 2 is 0.488 bits per heavy atom. The lowest BCUT2D eigenvalue weighted by molar-refractivity contribution is -0.121. The predicted molar refractivity (Wildman–Crippen MR) is 234 cm³/mol. The Morgan fingerprint density at radius 3 is 0.488 bits per heavy atom. The van der Waals surface area contributed by atoms with Gasteiger partial charge in [-0.25, -0.2) is 0 Å². The van der Waals surface area contributed by atoms with Gasteiger partial charge in [0.2, 0.25) is 0 Å². The molecule has 0 aliphatic heterocycles. The fraction of sp³-hybridized carbons (Fsp3) is 0.976. The van der Waals surface area contributed by atoms with E-state index >= 15 is 0 Å². The van der Waals surface area contributed by atoms with Crippen LogP contribution in [0.15, 0.2) is 0 Å². The Labute approximate surface area is 292 Å². The summed E-state index contributed by atoms with van der Waals surface area (Å²) in [6.07, 6.45) is 4.48. The summed E-state index contributed by atoms with van der Waals surface area (Å²) in [5.74, 6) is 3.12. The molecule has 1 heteroatoms. The van der Waals surface area contributed by atoms with Crippen molar-refractivity contribution in [1.82, 2.24) is 0 Å². The molecule has 0 aromatic rings. The average Bonchev–Trinajstić information content (AvgIpc) is 2.79. The van der Waals surface area contributed by atoms with E-state index in [1.54, 1.807) is 0 Å². The van der Waals surface area contributed by atoms with Crippen LogP contribution in [0.1, 0.15) is 259 Å². The molecule has 0 N–H and O–H groups in total. The van der Waals surface area contributed by atoms with Crippen molar-refractivity contribution in [2.75, 3.05) is 0 Å². The topological polar surface area (TPSA) is 17.1 Å². The summed E-state index contributed by atoms with van der Waals surface area (Å²) in [4.78, 5) is 10.5. The van der Waals surface area contributed by atoms with Crippen LogP contribution in [0.2, 0.25) is 0 Å². The summed E-state index contributed by atoms with van der Waals surface area (Å²) >= 11 is 0. The van der Waals surface area contributed by atoms with Crippen molar-refractivity contribution in [3.05, 3.63) is 0 Å². The molecule has 0 radical (unpaired) electrons. The number of hydrogen-bond donors (Lipinski definition) is 0. The van der Waals surface area contributed by atoms with Gasteiger partial charge in [-0.15, -0.1) is 0 Å². The van der Waals surface area contributed by atoms with Crippen LogP contribution in [0.4, 0.5) is 0 Å². The highest BCUT2D eigenvalue weighted by Crippen LogP contribution is 1.95. The monoisotopic (exact) mass is 641 g/mol. The number of hydrogen-bond acceptors (Lipinski definition) is 1. The molecule has 0 saturated heterocycles. The first-order valence-electron chi connectivity index (χ1n) is 15.3. The van der Waals surface area contributed by atoms with Crippen molar-refractivity contribution in [1.29, 1.82) is 0 Å². The molecule has 294 valence electrons. The maximum atomic E-state index is 10.5. The largest absolute Gasteiger partial charge is 0.299 e. The molecule has 0 spiro atoms. The van der Waals surface area contributed by atoms with Crippen molar-refractivity contribution < 1.29 is 4.79 Å². The van der Waals surface area contributed by atoms with Gasteiger partial charge in [-0.2, -0.15) is 0 Å². The van der Waals surface area contributed by atoms with Crippen LogP contribution < -0.4 is 0 Å². The summed E-state index contributed by atoms with van der Waals surface area (Å²) in [5, 5.41) is 0. The lowest BCUT2D eigenvalue weighted by Crippen LogP contribution is -2.03. The van der Waals surface area contributed by atoms with Crippen LogP contribution in [0.3, 0.4) is 0 Å². The van der Waals surface area contributed by atoms with Gasteiger partial charge in [0.15, 0.2) is 0 Å². The molecule has 0 saturated carbocycles. The number of Topliss-reactive ketones (excluding diaryl/α,β-unsaturated/α-hetero) is 1. The lowest BCUT2D eigenvalue weighted by atomic mass is 10.1. The first-order chi connectivity index (χ1) is 15.7. The second kappa shape index (κ2) is 198. The molecule has 0 rings (SSSR count). The molecular weight excluding hydrogens is 520 g/mol. The Hall–Kier alpha value is -0.330. The lowest BCUT2D eigenvalue weighted by Gasteiger charge is -1.96. The average molecular weight is 641 g/mol. The fourth-order valence-corrected chi connectivity index (χ4v) is 0.408. The van der Waals surface area contributed by atoms with Crippen LogP contribution >= 0.6 is 0 Å². The zero-order valence-electron chi connectivity index (χ0n) is 30.0. The smallest absolute Gasteiger partial charge is 0.135 e. The van der Waals surface area contributed by atoms with E-state index in [0.29, 0.717) is 12.2 Å². The first-order valence-corrected chi connectivity index (χ1v) is 15.3. The summed E-state index contributed by atoms with van der Waals surface area (Å²) in [6.45, 7) is 49.9. The van der Waals surface area contributed by atoms with E-state index in [1.807, 2.05) is 76.2 Å². The van der Waals surface area contributed by atoms with E-state index in [1.165, 1.54) is 19.3 Å². The second-order valence-electron chi connectivity index (χ2n) is 8.65. The van der Waals surface area contributed by atoms with Crippen LogP contribution in [0, 0.1) is 23.7 Å². The molecule has 0 aromatic carbocycles. The van der Waals surface area contributed by atoms with E-state index in [4.69, 9.17) is 0 Å². The Bertz CT molecular complexity index is 178. The van der Waals surface area contributed by atoms with E-state index in [9.17, 15) is 4.79 Å². The Kier molecular flexibility index (Phi) is 608. The third-order valence-electron chi connectivity index (χ3n) is 1.81. The van der Waals surface area contributed by atoms with E-state index < -0.39 is 0 Å². The molecule has 0 fully saturated rings.